The van der Waals surface area contributed by atoms with Crippen LogP contribution in [0.2, 0.25) is 0 Å². The lowest BCUT2D eigenvalue weighted by Gasteiger charge is -2.06. The third-order valence-corrected chi connectivity index (χ3v) is 5.12. The van der Waals surface area contributed by atoms with Gasteiger partial charge in [0.05, 0.1) is 29.0 Å². The number of hydrogen-bond donors (Lipinski definition) is 0. The summed E-state index contributed by atoms with van der Waals surface area (Å²) in [6.45, 7) is 10.4. The van der Waals surface area contributed by atoms with Crippen molar-refractivity contribution in [2.24, 2.45) is 0 Å². The quantitative estimate of drug-likeness (QED) is 0.381. The molecular weight excluding hydrogens is 372 g/mol. The lowest BCUT2D eigenvalue weighted by molar-refractivity contribution is 0.393. The summed E-state index contributed by atoms with van der Waals surface area (Å²) < 4.78 is 7.57. The maximum Gasteiger partial charge on any atom is 0.141 e. The molecular formula is C25H24N4O. The van der Waals surface area contributed by atoms with Gasteiger partial charge < -0.3 is 9.09 Å². The van der Waals surface area contributed by atoms with Crippen molar-refractivity contribution >= 4 is 16.6 Å². The van der Waals surface area contributed by atoms with Crippen LogP contribution in [0.4, 0.5) is 0 Å². The molecule has 4 aromatic heterocycles. The molecule has 0 fully saturated rings. The Morgan fingerprint density at radius 3 is 2.77 bits per heavy atom. The van der Waals surface area contributed by atoms with Crippen LogP contribution >= 0.6 is 0 Å². The minimum atomic E-state index is 0.667. The van der Waals surface area contributed by atoms with Crippen molar-refractivity contribution < 1.29 is 4.52 Å². The van der Waals surface area contributed by atoms with Gasteiger partial charge in [-0.15, -0.1) is 0 Å². The van der Waals surface area contributed by atoms with E-state index in [1.54, 1.807) is 6.08 Å². The van der Waals surface area contributed by atoms with E-state index in [1.807, 2.05) is 56.6 Å². The van der Waals surface area contributed by atoms with Crippen LogP contribution in [0.5, 0.6) is 0 Å². The molecule has 0 atom stereocenters. The zero-order valence-corrected chi connectivity index (χ0v) is 17.5. The average Bonchev–Trinajstić information content (AvgIpc) is 3.28. The largest absolute Gasteiger partial charge is 0.361 e. The van der Waals surface area contributed by atoms with Gasteiger partial charge in [-0.25, -0.2) is 0 Å². The van der Waals surface area contributed by atoms with Crippen LogP contribution in [0, 0.1) is 13.8 Å². The van der Waals surface area contributed by atoms with Crippen molar-refractivity contribution in [3.63, 3.8) is 0 Å². The standard InChI is InChI=1S/C25H24N4O/c1-5-6-7-10-17(2)22-16-29(15-21-11-8-9-12-26-21)23-13-20(14-27-25(22)23)24-18(3)28-30-19(24)4/h5-14,16H,1,15H2,2-4H3/b7-6-,17-10+. The first kappa shape index (κ1) is 19.6. The van der Waals surface area contributed by atoms with E-state index in [1.165, 1.54) is 0 Å². The molecule has 0 aliphatic heterocycles. The van der Waals surface area contributed by atoms with Crippen LogP contribution in [-0.2, 0) is 6.54 Å². The smallest absolute Gasteiger partial charge is 0.141 e. The highest BCUT2D eigenvalue weighted by molar-refractivity contribution is 5.92. The lowest BCUT2D eigenvalue weighted by atomic mass is 10.0. The summed E-state index contributed by atoms with van der Waals surface area (Å²) in [4.78, 5) is 9.33. The van der Waals surface area contributed by atoms with E-state index in [-0.39, 0.29) is 0 Å². The molecule has 0 unspecified atom stereocenters. The normalized spacial score (nSPS) is 12.2. The Balaban J connectivity index is 1.88. The maximum absolute atomic E-state index is 5.37. The lowest BCUT2D eigenvalue weighted by Crippen LogP contribution is -2.00. The second kappa shape index (κ2) is 8.33. The predicted octanol–water partition coefficient (Wildman–Crippen LogP) is 5.90. The highest BCUT2D eigenvalue weighted by atomic mass is 16.5. The molecule has 4 heterocycles. The zero-order valence-electron chi connectivity index (χ0n) is 17.5. The minimum Gasteiger partial charge on any atom is -0.361 e. The summed E-state index contributed by atoms with van der Waals surface area (Å²) in [6.07, 6.45) is 13.6. The van der Waals surface area contributed by atoms with E-state index in [0.29, 0.717) is 6.54 Å². The average molecular weight is 396 g/mol. The van der Waals surface area contributed by atoms with Crippen molar-refractivity contribution in [3.8, 4) is 11.1 Å². The van der Waals surface area contributed by atoms with Gasteiger partial charge in [0.15, 0.2) is 0 Å². The minimum absolute atomic E-state index is 0.667. The molecule has 0 N–H and O–H groups in total. The highest BCUT2D eigenvalue weighted by Gasteiger charge is 2.17. The van der Waals surface area contributed by atoms with Crippen LogP contribution in [0.3, 0.4) is 0 Å². The molecule has 5 nitrogen and oxygen atoms in total. The number of allylic oxidation sites excluding steroid dienone is 5. The van der Waals surface area contributed by atoms with Gasteiger partial charge in [-0.2, -0.15) is 0 Å². The molecule has 150 valence electrons. The van der Waals surface area contributed by atoms with Crippen molar-refractivity contribution in [1.29, 1.82) is 0 Å². The second-order valence-electron chi connectivity index (χ2n) is 7.25. The Labute approximate surface area is 176 Å². The first-order chi connectivity index (χ1) is 14.6. The first-order valence-corrected chi connectivity index (χ1v) is 9.87. The summed E-state index contributed by atoms with van der Waals surface area (Å²) >= 11 is 0. The third-order valence-electron chi connectivity index (χ3n) is 5.12. The SMILES string of the molecule is C=C/C=C\C=C(/C)c1cn(Cc2ccccn2)c2cc(-c3c(C)noc3C)cnc12. The van der Waals surface area contributed by atoms with Crippen molar-refractivity contribution in [2.75, 3.05) is 0 Å². The number of aryl methyl sites for hydroxylation is 2. The fourth-order valence-electron chi connectivity index (χ4n) is 3.65. The molecule has 30 heavy (non-hydrogen) atoms. The highest BCUT2D eigenvalue weighted by Crippen LogP contribution is 2.32. The second-order valence-corrected chi connectivity index (χ2v) is 7.25. The molecule has 0 amide bonds. The van der Waals surface area contributed by atoms with Crippen molar-refractivity contribution in [3.05, 3.63) is 96.5 Å². The molecule has 0 aromatic carbocycles. The summed E-state index contributed by atoms with van der Waals surface area (Å²) in [7, 11) is 0. The van der Waals surface area contributed by atoms with Crippen LogP contribution in [-0.4, -0.2) is 19.7 Å². The van der Waals surface area contributed by atoms with Gasteiger partial charge in [0.1, 0.15) is 5.76 Å². The molecule has 0 saturated heterocycles. The predicted molar refractivity (Wildman–Crippen MR) is 121 cm³/mol. The van der Waals surface area contributed by atoms with Gasteiger partial charge in [0.2, 0.25) is 0 Å². The molecule has 0 saturated carbocycles. The monoisotopic (exact) mass is 396 g/mol. The molecule has 4 aromatic rings. The molecule has 0 aliphatic rings. The molecule has 0 radical (unpaired) electrons. The number of pyridine rings is 2. The van der Waals surface area contributed by atoms with Gasteiger partial charge in [-0.05, 0) is 44.5 Å². The fourth-order valence-corrected chi connectivity index (χ4v) is 3.65. The van der Waals surface area contributed by atoms with E-state index in [0.717, 1.165) is 50.4 Å². The van der Waals surface area contributed by atoms with E-state index in [9.17, 15) is 0 Å². The van der Waals surface area contributed by atoms with Crippen LogP contribution in [0.1, 0.15) is 29.6 Å². The Bertz CT molecular complexity index is 1240. The number of hydrogen-bond acceptors (Lipinski definition) is 4. The van der Waals surface area contributed by atoms with E-state index in [4.69, 9.17) is 9.51 Å². The van der Waals surface area contributed by atoms with E-state index < -0.39 is 0 Å². The first-order valence-electron chi connectivity index (χ1n) is 9.87. The zero-order chi connectivity index (χ0) is 21.1. The van der Waals surface area contributed by atoms with E-state index >= 15 is 0 Å². The number of fused-ring (bicyclic) bond motifs is 1. The summed E-state index contributed by atoms with van der Waals surface area (Å²) in [5, 5.41) is 4.09. The Kier molecular flexibility index (Phi) is 5.44. The number of aromatic nitrogens is 4. The van der Waals surface area contributed by atoms with Gasteiger partial charge >= 0.3 is 0 Å². The Morgan fingerprint density at radius 2 is 2.07 bits per heavy atom. The molecule has 5 heteroatoms. The molecule has 0 bridgehead atoms. The Hall–Kier alpha value is -3.73. The van der Waals surface area contributed by atoms with Crippen molar-refractivity contribution in [2.45, 2.75) is 27.3 Å². The van der Waals surface area contributed by atoms with Gasteiger partial charge in [0, 0.05) is 35.3 Å². The van der Waals surface area contributed by atoms with E-state index in [2.05, 4.69) is 46.5 Å². The van der Waals surface area contributed by atoms with Crippen molar-refractivity contribution in [1.82, 2.24) is 19.7 Å². The van der Waals surface area contributed by atoms with Crippen LogP contribution < -0.4 is 0 Å². The maximum atomic E-state index is 5.37. The molecule has 0 aliphatic carbocycles. The topological polar surface area (TPSA) is 56.7 Å². The van der Waals surface area contributed by atoms with Crippen LogP contribution in [0.15, 0.2) is 78.3 Å². The summed E-state index contributed by atoms with van der Waals surface area (Å²) in [5.74, 6) is 0.794. The van der Waals surface area contributed by atoms with Crippen LogP contribution in [0.25, 0.3) is 27.7 Å². The molecule has 4 rings (SSSR count). The summed E-state index contributed by atoms with van der Waals surface area (Å²) in [5.41, 5.74) is 8.10. The fraction of sp³-hybridized carbons (Fsp3) is 0.160. The number of nitrogens with zero attached hydrogens (tertiary/aromatic N) is 4. The molecule has 0 spiro atoms. The Morgan fingerprint density at radius 1 is 1.20 bits per heavy atom. The van der Waals surface area contributed by atoms with Gasteiger partial charge in [-0.3, -0.25) is 9.97 Å². The van der Waals surface area contributed by atoms with Gasteiger partial charge in [0.25, 0.3) is 0 Å². The van der Waals surface area contributed by atoms with Gasteiger partial charge in [-0.1, -0.05) is 42.1 Å². The third kappa shape index (κ3) is 3.74. The summed E-state index contributed by atoms with van der Waals surface area (Å²) in [6, 6.07) is 8.13. The number of rotatable bonds is 6.